The van der Waals surface area contributed by atoms with E-state index < -0.39 is 4.92 Å². The molecule has 7 heteroatoms. The van der Waals surface area contributed by atoms with Crippen LogP contribution >= 0.6 is 11.3 Å². The second kappa shape index (κ2) is 5.55. The number of amides is 1. The molecule has 0 aliphatic heterocycles. The molecule has 0 atom stereocenters. The molecule has 0 saturated heterocycles. The Kier molecular flexibility index (Phi) is 4.36. The van der Waals surface area contributed by atoms with Crippen LogP contribution < -0.4 is 4.90 Å². The van der Waals surface area contributed by atoms with Crippen molar-refractivity contribution in [1.82, 2.24) is 4.98 Å². The fourth-order valence-corrected chi connectivity index (χ4v) is 1.97. The minimum atomic E-state index is -0.501. The Bertz CT molecular complexity index is 391. The van der Waals surface area contributed by atoms with Gasteiger partial charge in [0.25, 0.3) is 0 Å². The SMILES string of the molecule is CCCCN(C(C)=O)c1ncc([N+](=O)[O-])s1. The van der Waals surface area contributed by atoms with Crippen molar-refractivity contribution in [2.75, 3.05) is 11.4 Å². The highest BCUT2D eigenvalue weighted by molar-refractivity contribution is 7.18. The number of aromatic nitrogens is 1. The summed E-state index contributed by atoms with van der Waals surface area (Å²) < 4.78 is 0. The van der Waals surface area contributed by atoms with E-state index in [1.54, 1.807) is 0 Å². The van der Waals surface area contributed by atoms with Crippen molar-refractivity contribution >= 4 is 27.4 Å². The van der Waals surface area contributed by atoms with Crippen molar-refractivity contribution < 1.29 is 9.72 Å². The van der Waals surface area contributed by atoms with Crippen LogP contribution in [0.25, 0.3) is 0 Å². The number of nitro groups is 1. The molecule has 0 aliphatic carbocycles. The Morgan fingerprint density at radius 3 is 2.81 bits per heavy atom. The lowest BCUT2D eigenvalue weighted by Gasteiger charge is -2.16. The average Bonchev–Trinajstić information content (AvgIpc) is 2.67. The Hall–Kier alpha value is -1.50. The first-order valence-corrected chi connectivity index (χ1v) is 5.76. The molecule has 0 bridgehead atoms. The van der Waals surface area contributed by atoms with Crippen molar-refractivity contribution in [3.63, 3.8) is 0 Å². The molecule has 0 N–H and O–H groups in total. The van der Waals surface area contributed by atoms with E-state index in [1.165, 1.54) is 18.0 Å². The van der Waals surface area contributed by atoms with Crippen LogP contribution in [0.1, 0.15) is 26.7 Å². The molecule has 1 aromatic heterocycles. The van der Waals surface area contributed by atoms with Crippen LogP contribution in [-0.2, 0) is 4.79 Å². The Labute approximate surface area is 97.1 Å². The van der Waals surface area contributed by atoms with Crippen molar-refractivity contribution in [2.45, 2.75) is 26.7 Å². The number of unbranched alkanes of at least 4 members (excludes halogenated alkanes) is 1. The van der Waals surface area contributed by atoms with Gasteiger partial charge in [0.2, 0.25) is 5.91 Å². The number of carbonyl (C=O) groups excluding carboxylic acids is 1. The van der Waals surface area contributed by atoms with E-state index in [0.717, 1.165) is 24.2 Å². The maximum absolute atomic E-state index is 11.4. The summed E-state index contributed by atoms with van der Waals surface area (Å²) in [5, 5.41) is 10.8. The van der Waals surface area contributed by atoms with Crippen LogP contribution in [0.2, 0.25) is 0 Å². The first kappa shape index (κ1) is 12.6. The lowest BCUT2D eigenvalue weighted by Crippen LogP contribution is -2.29. The Morgan fingerprint density at radius 2 is 2.38 bits per heavy atom. The zero-order valence-electron chi connectivity index (χ0n) is 9.17. The van der Waals surface area contributed by atoms with E-state index in [2.05, 4.69) is 4.98 Å². The number of nitrogens with zero attached hydrogens (tertiary/aromatic N) is 3. The molecule has 0 saturated carbocycles. The van der Waals surface area contributed by atoms with Gasteiger partial charge < -0.3 is 0 Å². The topological polar surface area (TPSA) is 76.3 Å². The summed E-state index contributed by atoms with van der Waals surface area (Å²) >= 11 is 0.923. The second-order valence-corrected chi connectivity index (χ2v) is 4.25. The van der Waals surface area contributed by atoms with Gasteiger partial charge in [-0.05, 0) is 17.8 Å². The van der Waals surface area contributed by atoms with Gasteiger partial charge in [0.1, 0.15) is 6.20 Å². The largest absolute Gasteiger partial charge is 0.345 e. The molecule has 0 aromatic carbocycles. The van der Waals surface area contributed by atoms with Gasteiger partial charge in [-0.2, -0.15) is 0 Å². The highest BCUT2D eigenvalue weighted by Crippen LogP contribution is 2.28. The number of carbonyl (C=O) groups is 1. The molecule has 0 spiro atoms. The second-order valence-electron chi connectivity index (χ2n) is 3.26. The zero-order valence-corrected chi connectivity index (χ0v) is 9.99. The number of thiazole rings is 1. The highest BCUT2D eigenvalue weighted by Gasteiger charge is 2.18. The third-order valence-corrected chi connectivity index (χ3v) is 2.98. The first-order chi connectivity index (χ1) is 7.56. The highest BCUT2D eigenvalue weighted by atomic mass is 32.1. The van der Waals surface area contributed by atoms with Gasteiger partial charge in [-0.15, -0.1) is 0 Å². The fourth-order valence-electron chi connectivity index (χ4n) is 1.17. The van der Waals surface area contributed by atoms with Gasteiger partial charge in [0.05, 0.1) is 4.92 Å². The van der Waals surface area contributed by atoms with Gasteiger partial charge in [-0.3, -0.25) is 19.8 Å². The predicted octanol–water partition coefficient (Wildman–Crippen LogP) is 2.20. The third-order valence-electron chi connectivity index (χ3n) is 2.01. The lowest BCUT2D eigenvalue weighted by molar-refractivity contribution is -0.380. The molecule has 0 aliphatic rings. The van der Waals surface area contributed by atoms with E-state index in [9.17, 15) is 14.9 Å². The molecular formula is C9H13N3O3S. The van der Waals surface area contributed by atoms with Gasteiger partial charge in [-0.1, -0.05) is 13.3 Å². The average molecular weight is 243 g/mol. The minimum Gasteiger partial charge on any atom is -0.288 e. The standard InChI is InChI=1S/C9H13N3O3S/c1-3-4-5-11(7(2)13)9-10-6-8(16-9)12(14)15/h6H,3-5H2,1-2H3. The molecule has 1 aromatic rings. The molecule has 6 nitrogen and oxygen atoms in total. The monoisotopic (exact) mass is 243 g/mol. The third kappa shape index (κ3) is 2.99. The molecule has 0 fully saturated rings. The molecular weight excluding hydrogens is 230 g/mol. The Balaban J connectivity index is 2.84. The molecule has 1 heterocycles. The van der Waals surface area contributed by atoms with Gasteiger partial charge in [0.15, 0.2) is 5.13 Å². The molecule has 16 heavy (non-hydrogen) atoms. The fraction of sp³-hybridized carbons (Fsp3) is 0.556. The normalized spacial score (nSPS) is 10.1. The summed E-state index contributed by atoms with van der Waals surface area (Å²) in [5.74, 6) is -0.141. The van der Waals surface area contributed by atoms with E-state index in [1.807, 2.05) is 6.92 Å². The maximum atomic E-state index is 11.4. The van der Waals surface area contributed by atoms with Gasteiger partial charge >= 0.3 is 5.00 Å². The summed E-state index contributed by atoms with van der Waals surface area (Å²) in [5.41, 5.74) is 0. The molecule has 1 rings (SSSR count). The van der Waals surface area contributed by atoms with Gasteiger partial charge in [-0.25, -0.2) is 4.98 Å². The maximum Gasteiger partial charge on any atom is 0.345 e. The van der Waals surface area contributed by atoms with E-state index in [0.29, 0.717) is 11.7 Å². The molecule has 88 valence electrons. The summed E-state index contributed by atoms with van der Waals surface area (Å²) in [6.45, 7) is 4.00. The van der Waals surface area contributed by atoms with Crippen molar-refractivity contribution in [1.29, 1.82) is 0 Å². The molecule has 0 radical (unpaired) electrons. The van der Waals surface area contributed by atoms with Crippen LogP contribution in [-0.4, -0.2) is 22.4 Å². The quantitative estimate of drug-likeness (QED) is 0.586. The molecule has 1 amide bonds. The number of rotatable bonds is 5. The lowest BCUT2D eigenvalue weighted by atomic mass is 10.3. The number of hydrogen-bond acceptors (Lipinski definition) is 5. The van der Waals surface area contributed by atoms with Crippen molar-refractivity contribution in [3.05, 3.63) is 16.3 Å². The van der Waals surface area contributed by atoms with Crippen LogP contribution in [0.5, 0.6) is 0 Å². The van der Waals surface area contributed by atoms with Crippen molar-refractivity contribution in [2.24, 2.45) is 0 Å². The number of hydrogen-bond donors (Lipinski definition) is 0. The smallest absolute Gasteiger partial charge is 0.288 e. The zero-order chi connectivity index (χ0) is 12.1. The Morgan fingerprint density at radius 1 is 1.69 bits per heavy atom. The minimum absolute atomic E-state index is 0.0438. The van der Waals surface area contributed by atoms with Crippen LogP contribution in [0.3, 0.4) is 0 Å². The van der Waals surface area contributed by atoms with E-state index in [4.69, 9.17) is 0 Å². The van der Waals surface area contributed by atoms with E-state index >= 15 is 0 Å². The van der Waals surface area contributed by atoms with Crippen LogP contribution in [0.15, 0.2) is 6.20 Å². The number of anilines is 1. The first-order valence-electron chi connectivity index (χ1n) is 4.94. The summed E-state index contributed by atoms with van der Waals surface area (Å²) in [6.07, 6.45) is 2.99. The summed E-state index contributed by atoms with van der Waals surface area (Å²) in [6, 6.07) is 0. The summed E-state index contributed by atoms with van der Waals surface area (Å²) in [4.78, 5) is 26.7. The molecule has 0 unspecified atom stereocenters. The van der Waals surface area contributed by atoms with Crippen LogP contribution in [0, 0.1) is 10.1 Å². The van der Waals surface area contributed by atoms with Gasteiger partial charge in [0, 0.05) is 13.5 Å². The predicted molar refractivity (Wildman–Crippen MR) is 61.7 cm³/mol. The summed E-state index contributed by atoms with van der Waals surface area (Å²) in [7, 11) is 0. The van der Waals surface area contributed by atoms with Crippen LogP contribution in [0.4, 0.5) is 10.1 Å². The van der Waals surface area contributed by atoms with E-state index in [-0.39, 0.29) is 10.9 Å². The van der Waals surface area contributed by atoms with Crippen molar-refractivity contribution in [3.8, 4) is 0 Å².